The number of hydrogen-bond acceptors (Lipinski definition) is 4. The van der Waals surface area contributed by atoms with Crippen LogP contribution in [0.1, 0.15) is 19.8 Å². The van der Waals surface area contributed by atoms with Gasteiger partial charge in [0.15, 0.2) is 0 Å². The van der Waals surface area contributed by atoms with E-state index < -0.39 is 0 Å². The summed E-state index contributed by atoms with van der Waals surface area (Å²) in [4.78, 5) is 0. The predicted molar refractivity (Wildman–Crippen MR) is 79.0 cm³/mol. The first-order valence-electron chi connectivity index (χ1n) is 7.42. The van der Waals surface area contributed by atoms with Crippen LogP contribution >= 0.6 is 0 Å². The van der Waals surface area contributed by atoms with Crippen molar-refractivity contribution in [2.24, 2.45) is 5.92 Å². The number of ether oxygens (including phenoxy) is 2. The van der Waals surface area contributed by atoms with Crippen molar-refractivity contribution in [1.29, 1.82) is 0 Å². The molecule has 4 nitrogen and oxygen atoms in total. The molecule has 0 saturated heterocycles. The Hall–Kier alpha value is -1.10. The normalized spacial score (nSPS) is 17.7. The van der Waals surface area contributed by atoms with E-state index in [9.17, 15) is 5.11 Å². The summed E-state index contributed by atoms with van der Waals surface area (Å²) in [5.41, 5.74) is -0.262. The van der Waals surface area contributed by atoms with Crippen LogP contribution in [0.4, 0.5) is 0 Å². The van der Waals surface area contributed by atoms with Crippen LogP contribution in [0.5, 0.6) is 5.75 Å². The molecule has 2 N–H and O–H groups in total. The molecule has 0 bridgehead atoms. The fourth-order valence-electron chi connectivity index (χ4n) is 2.52. The van der Waals surface area contributed by atoms with Crippen LogP contribution < -0.4 is 10.1 Å². The minimum Gasteiger partial charge on any atom is -0.491 e. The number of para-hydroxylation sites is 1. The van der Waals surface area contributed by atoms with Crippen molar-refractivity contribution in [1.82, 2.24) is 5.32 Å². The Bertz CT molecular complexity index is 381. The summed E-state index contributed by atoms with van der Waals surface area (Å²) < 4.78 is 11.3. The second-order valence-electron chi connectivity index (χ2n) is 5.33. The molecule has 1 unspecified atom stereocenters. The Balaban J connectivity index is 1.68. The Labute approximate surface area is 121 Å². The minimum atomic E-state index is -0.262. The molecule has 1 saturated carbocycles. The molecule has 0 amide bonds. The average molecular weight is 279 g/mol. The molecule has 0 radical (unpaired) electrons. The minimum absolute atomic E-state index is 0.130. The molecule has 0 aliphatic heterocycles. The van der Waals surface area contributed by atoms with Gasteiger partial charge in [-0.05, 0) is 37.4 Å². The predicted octanol–water partition coefficient (Wildman–Crippen LogP) is 1.83. The first kappa shape index (κ1) is 15.3. The van der Waals surface area contributed by atoms with Crippen molar-refractivity contribution in [3.63, 3.8) is 0 Å². The number of likely N-dealkylation sites (N-methyl/N-ethyl adjacent to an activating group) is 1. The zero-order valence-electron chi connectivity index (χ0n) is 12.2. The second kappa shape index (κ2) is 7.62. The summed E-state index contributed by atoms with van der Waals surface area (Å²) in [6, 6.07) is 9.73. The van der Waals surface area contributed by atoms with Gasteiger partial charge in [0.25, 0.3) is 0 Å². The maximum Gasteiger partial charge on any atom is 0.119 e. The molecule has 1 aliphatic carbocycles. The van der Waals surface area contributed by atoms with Crippen molar-refractivity contribution < 1.29 is 14.6 Å². The first-order valence-corrected chi connectivity index (χ1v) is 7.42. The Morgan fingerprint density at radius 1 is 1.25 bits per heavy atom. The third kappa shape index (κ3) is 4.20. The zero-order valence-corrected chi connectivity index (χ0v) is 12.2. The molecule has 0 aromatic heterocycles. The van der Waals surface area contributed by atoms with Crippen LogP contribution in [0.2, 0.25) is 0 Å². The standard InChI is InChI=1S/C16H25NO3/c1-2-17-16(12-18,14-8-9-14)13-19-10-11-20-15-6-4-3-5-7-15/h3-7,14,17-18H,2,8-13H2,1H3. The van der Waals surface area contributed by atoms with Gasteiger partial charge in [-0.3, -0.25) is 0 Å². The van der Waals surface area contributed by atoms with Gasteiger partial charge in [-0.25, -0.2) is 0 Å². The fraction of sp³-hybridized carbons (Fsp3) is 0.625. The molecule has 1 aromatic rings. The van der Waals surface area contributed by atoms with Gasteiger partial charge < -0.3 is 19.9 Å². The quantitative estimate of drug-likeness (QED) is 0.642. The average Bonchev–Trinajstić information content (AvgIpc) is 3.32. The third-order valence-electron chi connectivity index (χ3n) is 3.77. The lowest BCUT2D eigenvalue weighted by atomic mass is 9.95. The van der Waals surface area contributed by atoms with Crippen molar-refractivity contribution in [2.45, 2.75) is 25.3 Å². The molecule has 1 aliphatic rings. The molecule has 1 atom stereocenters. The van der Waals surface area contributed by atoms with E-state index in [0.717, 1.165) is 12.3 Å². The number of rotatable bonds is 10. The van der Waals surface area contributed by atoms with Crippen molar-refractivity contribution >= 4 is 0 Å². The zero-order chi connectivity index (χ0) is 14.3. The van der Waals surface area contributed by atoms with Gasteiger partial charge in [-0.15, -0.1) is 0 Å². The van der Waals surface area contributed by atoms with Gasteiger partial charge in [-0.2, -0.15) is 0 Å². The number of hydrogen-bond donors (Lipinski definition) is 2. The van der Waals surface area contributed by atoms with Gasteiger partial charge in [0, 0.05) is 0 Å². The Morgan fingerprint density at radius 3 is 2.60 bits per heavy atom. The summed E-state index contributed by atoms with van der Waals surface area (Å²) in [5.74, 6) is 1.40. The van der Waals surface area contributed by atoms with Gasteiger partial charge in [0.05, 0.1) is 25.4 Å². The highest BCUT2D eigenvalue weighted by Gasteiger charge is 2.44. The van der Waals surface area contributed by atoms with Crippen LogP contribution in [0.3, 0.4) is 0 Å². The van der Waals surface area contributed by atoms with Crippen LogP contribution in [0.25, 0.3) is 0 Å². The SMILES string of the molecule is CCNC(CO)(COCCOc1ccccc1)C1CC1. The van der Waals surface area contributed by atoms with Crippen molar-refractivity contribution in [3.05, 3.63) is 30.3 Å². The third-order valence-corrected chi connectivity index (χ3v) is 3.77. The molecule has 1 aromatic carbocycles. The maximum absolute atomic E-state index is 9.68. The van der Waals surface area contributed by atoms with Crippen LogP contribution in [-0.2, 0) is 4.74 Å². The van der Waals surface area contributed by atoms with E-state index in [2.05, 4.69) is 12.2 Å². The smallest absolute Gasteiger partial charge is 0.119 e. The van der Waals surface area contributed by atoms with Gasteiger partial charge >= 0.3 is 0 Å². The molecular weight excluding hydrogens is 254 g/mol. The maximum atomic E-state index is 9.68. The molecule has 0 heterocycles. The summed E-state index contributed by atoms with van der Waals surface area (Å²) in [6.45, 7) is 4.65. The highest BCUT2D eigenvalue weighted by molar-refractivity contribution is 5.20. The lowest BCUT2D eigenvalue weighted by Gasteiger charge is -2.32. The van der Waals surface area contributed by atoms with Crippen LogP contribution in [0.15, 0.2) is 30.3 Å². The number of aliphatic hydroxyl groups excluding tert-OH is 1. The molecule has 2 rings (SSSR count). The first-order chi connectivity index (χ1) is 9.80. The van der Waals surface area contributed by atoms with Crippen LogP contribution in [-0.4, -0.2) is 43.6 Å². The molecule has 112 valence electrons. The summed E-state index contributed by atoms with van der Waals surface area (Å²) >= 11 is 0. The number of benzene rings is 1. The topological polar surface area (TPSA) is 50.7 Å². The van der Waals surface area contributed by atoms with E-state index in [0.29, 0.717) is 25.7 Å². The lowest BCUT2D eigenvalue weighted by Crippen LogP contribution is -2.54. The van der Waals surface area contributed by atoms with E-state index in [4.69, 9.17) is 9.47 Å². The van der Waals surface area contributed by atoms with Gasteiger partial charge in [0.1, 0.15) is 12.4 Å². The van der Waals surface area contributed by atoms with E-state index in [-0.39, 0.29) is 12.1 Å². The summed E-state index contributed by atoms with van der Waals surface area (Å²) in [5, 5.41) is 13.1. The van der Waals surface area contributed by atoms with Crippen molar-refractivity contribution in [2.75, 3.05) is 33.0 Å². The highest BCUT2D eigenvalue weighted by atomic mass is 16.5. The molecule has 20 heavy (non-hydrogen) atoms. The van der Waals surface area contributed by atoms with Gasteiger partial charge in [-0.1, -0.05) is 25.1 Å². The van der Waals surface area contributed by atoms with E-state index in [1.807, 2.05) is 30.3 Å². The Kier molecular flexibility index (Phi) is 5.83. The Morgan fingerprint density at radius 2 is 2.00 bits per heavy atom. The number of nitrogens with one attached hydrogen (secondary N) is 1. The summed E-state index contributed by atoms with van der Waals surface area (Å²) in [6.07, 6.45) is 2.36. The highest BCUT2D eigenvalue weighted by Crippen LogP contribution is 2.39. The lowest BCUT2D eigenvalue weighted by molar-refractivity contribution is 0.0141. The van der Waals surface area contributed by atoms with Gasteiger partial charge in [0.2, 0.25) is 0 Å². The molecule has 0 spiro atoms. The second-order valence-corrected chi connectivity index (χ2v) is 5.33. The molecular formula is C16H25NO3. The molecule has 4 heteroatoms. The monoisotopic (exact) mass is 279 g/mol. The fourth-order valence-corrected chi connectivity index (χ4v) is 2.52. The molecule has 1 fully saturated rings. The van der Waals surface area contributed by atoms with E-state index >= 15 is 0 Å². The van der Waals surface area contributed by atoms with Crippen molar-refractivity contribution in [3.8, 4) is 5.75 Å². The van der Waals surface area contributed by atoms with E-state index in [1.54, 1.807) is 0 Å². The summed E-state index contributed by atoms with van der Waals surface area (Å²) in [7, 11) is 0. The van der Waals surface area contributed by atoms with Crippen LogP contribution in [0, 0.1) is 5.92 Å². The van der Waals surface area contributed by atoms with E-state index in [1.165, 1.54) is 12.8 Å². The number of aliphatic hydroxyl groups is 1. The largest absolute Gasteiger partial charge is 0.491 e.